The number of fused-ring (bicyclic) bond motifs is 1. The summed E-state index contributed by atoms with van der Waals surface area (Å²) in [5.41, 5.74) is 2.80. The molecule has 4 aromatic rings. The Kier molecular flexibility index (Phi) is 7.22. The number of benzene rings is 3. The molecule has 0 spiro atoms. The van der Waals surface area contributed by atoms with Gasteiger partial charge < -0.3 is 14.6 Å². The summed E-state index contributed by atoms with van der Waals surface area (Å²) in [6.07, 6.45) is 0.690. The van der Waals surface area contributed by atoms with E-state index in [0.717, 1.165) is 28.2 Å². The second kappa shape index (κ2) is 11.0. The van der Waals surface area contributed by atoms with E-state index in [9.17, 15) is 19.1 Å². The summed E-state index contributed by atoms with van der Waals surface area (Å²) in [6, 6.07) is 17.4. The van der Waals surface area contributed by atoms with Gasteiger partial charge in [-0.05, 0) is 66.1 Å². The molecule has 0 unspecified atom stereocenters. The molecular weight excluding hydrogens is 565 g/mol. The number of hydrogen-bond acceptors (Lipinski definition) is 9. The van der Waals surface area contributed by atoms with E-state index in [0.29, 0.717) is 33.4 Å². The van der Waals surface area contributed by atoms with Crippen molar-refractivity contribution in [2.24, 2.45) is 0 Å². The van der Waals surface area contributed by atoms with Crippen LogP contribution in [0.3, 0.4) is 0 Å². The van der Waals surface area contributed by atoms with E-state index < -0.39 is 17.7 Å². The Morgan fingerprint density at radius 1 is 1.12 bits per heavy atom. The van der Waals surface area contributed by atoms with E-state index in [1.807, 2.05) is 6.92 Å². The minimum absolute atomic E-state index is 0.0137. The van der Waals surface area contributed by atoms with Crippen molar-refractivity contribution in [2.45, 2.75) is 35.6 Å². The van der Waals surface area contributed by atoms with Crippen molar-refractivity contribution >= 4 is 45.7 Å². The molecule has 6 rings (SSSR count). The Labute approximate surface area is 243 Å². The van der Waals surface area contributed by atoms with Gasteiger partial charge in [-0.2, -0.15) is 0 Å². The second-order valence-corrected chi connectivity index (χ2v) is 11.8. The summed E-state index contributed by atoms with van der Waals surface area (Å²) in [7, 11) is 1.55. The van der Waals surface area contributed by atoms with E-state index in [-0.39, 0.29) is 28.4 Å². The summed E-state index contributed by atoms with van der Waals surface area (Å²) in [4.78, 5) is 28.3. The van der Waals surface area contributed by atoms with Gasteiger partial charge in [0.05, 0.1) is 18.7 Å². The number of Topliss-reactive ketones (excluding diaryl/α,β-unsaturated/α-hetero) is 1. The van der Waals surface area contributed by atoms with Crippen LogP contribution in [0.15, 0.2) is 76.6 Å². The third-order valence-electron chi connectivity index (χ3n) is 6.92. The molecule has 41 heavy (non-hydrogen) atoms. The maximum Gasteiger partial charge on any atom is 0.301 e. The van der Waals surface area contributed by atoms with Crippen LogP contribution in [0.2, 0.25) is 0 Å². The second-order valence-electron chi connectivity index (χ2n) is 9.66. The number of anilines is 1. The summed E-state index contributed by atoms with van der Waals surface area (Å²) < 4.78 is 24.9. The highest BCUT2D eigenvalue weighted by Gasteiger charge is 2.48. The number of aromatic nitrogens is 2. The lowest BCUT2D eigenvalue weighted by Gasteiger charge is -2.22. The molecule has 1 saturated heterocycles. The number of methoxy groups -OCH3 is 1. The highest BCUT2D eigenvalue weighted by atomic mass is 32.2. The standard InChI is InChI=1S/C30H24FN3O5S2/c1-16-13-20-14-19(7-12-23(20)39-16)26(35)24-25(18-5-10-22(38-2)11-6-18)34(28(37)27(24)36)29-32-33-30(41-29)40-15-17-3-8-21(31)9-4-17/h3-12,14,16,25,35H,13,15H2,1-2H3/t16-,25+/m0/s1. The first-order valence-electron chi connectivity index (χ1n) is 12.8. The normalized spacial score (nSPS) is 19.3. The largest absolute Gasteiger partial charge is 0.507 e. The fraction of sp³-hybridized carbons (Fsp3) is 0.200. The molecule has 208 valence electrons. The molecule has 1 N–H and O–H groups in total. The van der Waals surface area contributed by atoms with Gasteiger partial charge >= 0.3 is 5.91 Å². The number of amides is 1. The van der Waals surface area contributed by atoms with Crippen molar-refractivity contribution in [1.82, 2.24) is 10.2 Å². The predicted octanol–water partition coefficient (Wildman–Crippen LogP) is 5.93. The van der Waals surface area contributed by atoms with Gasteiger partial charge in [0.1, 0.15) is 29.2 Å². The van der Waals surface area contributed by atoms with Gasteiger partial charge in [0.2, 0.25) is 5.13 Å². The molecule has 0 radical (unpaired) electrons. The fourth-order valence-electron chi connectivity index (χ4n) is 4.94. The van der Waals surface area contributed by atoms with Crippen LogP contribution >= 0.6 is 23.1 Å². The van der Waals surface area contributed by atoms with Crippen molar-refractivity contribution in [3.8, 4) is 11.5 Å². The van der Waals surface area contributed by atoms with Crippen LogP contribution in [0.1, 0.15) is 35.2 Å². The van der Waals surface area contributed by atoms with Crippen LogP contribution < -0.4 is 14.4 Å². The Morgan fingerprint density at radius 2 is 1.88 bits per heavy atom. The van der Waals surface area contributed by atoms with Gasteiger partial charge in [-0.1, -0.05) is 47.4 Å². The number of thioether (sulfide) groups is 1. The first-order valence-corrected chi connectivity index (χ1v) is 14.6. The van der Waals surface area contributed by atoms with Crippen molar-refractivity contribution in [2.75, 3.05) is 12.0 Å². The number of rotatable bonds is 7. The van der Waals surface area contributed by atoms with Crippen LogP contribution in [-0.2, 0) is 21.8 Å². The Bertz CT molecular complexity index is 1670. The lowest BCUT2D eigenvalue weighted by molar-refractivity contribution is -0.132. The van der Waals surface area contributed by atoms with Crippen LogP contribution in [0.5, 0.6) is 11.5 Å². The predicted molar refractivity (Wildman–Crippen MR) is 154 cm³/mol. The zero-order valence-electron chi connectivity index (χ0n) is 22.0. The van der Waals surface area contributed by atoms with Crippen LogP contribution in [0.4, 0.5) is 9.52 Å². The van der Waals surface area contributed by atoms with Crippen molar-refractivity contribution in [3.63, 3.8) is 0 Å². The van der Waals surface area contributed by atoms with Gasteiger partial charge in [0, 0.05) is 17.7 Å². The SMILES string of the molecule is COc1ccc([C@@H]2C(=C(O)c3ccc4c(c3)C[C@H](C)O4)C(=O)C(=O)N2c2nnc(SCc3ccc(F)cc3)s2)cc1. The summed E-state index contributed by atoms with van der Waals surface area (Å²) in [5.74, 6) is -0.343. The average molecular weight is 590 g/mol. The molecule has 0 saturated carbocycles. The number of aliphatic hydroxyl groups is 1. The monoisotopic (exact) mass is 589 g/mol. The zero-order chi connectivity index (χ0) is 28.7. The van der Waals surface area contributed by atoms with Crippen LogP contribution in [0.25, 0.3) is 5.76 Å². The molecule has 3 aromatic carbocycles. The van der Waals surface area contributed by atoms with Crippen molar-refractivity contribution in [3.05, 3.63) is 100 Å². The van der Waals surface area contributed by atoms with Crippen molar-refractivity contribution < 1.29 is 28.6 Å². The molecule has 8 nitrogen and oxygen atoms in total. The Hall–Kier alpha value is -4.22. The average Bonchev–Trinajstić information content (AvgIpc) is 3.67. The lowest BCUT2D eigenvalue weighted by Crippen LogP contribution is -2.29. The number of hydrogen-bond donors (Lipinski definition) is 1. The van der Waals surface area contributed by atoms with Crippen LogP contribution in [0, 0.1) is 5.82 Å². The number of carbonyl (C=O) groups excluding carboxylic acids is 2. The molecule has 2 aliphatic rings. The zero-order valence-corrected chi connectivity index (χ0v) is 23.7. The van der Waals surface area contributed by atoms with Crippen molar-refractivity contribution in [1.29, 1.82) is 0 Å². The van der Waals surface area contributed by atoms with Gasteiger partial charge in [0.15, 0.2) is 4.34 Å². The summed E-state index contributed by atoms with van der Waals surface area (Å²) in [6.45, 7) is 1.96. The third kappa shape index (κ3) is 5.18. The molecule has 1 aromatic heterocycles. The van der Waals surface area contributed by atoms with Gasteiger partial charge in [-0.25, -0.2) is 4.39 Å². The molecular formula is C30H24FN3O5S2. The van der Waals surface area contributed by atoms with Gasteiger partial charge in [-0.15, -0.1) is 10.2 Å². The van der Waals surface area contributed by atoms with Gasteiger partial charge in [-0.3, -0.25) is 14.5 Å². The van der Waals surface area contributed by atoms with E-state index in [4.69, 9.17) is 9.47 Å². The number of carbonyl (C=O) groups is 2. The topological polar surface area (TPSA) is 102 Å². The molecule has 0 aliphatic carbocycles. The lowest BCUT2D eigenvalue weighted by atomic mass is 9.94. The molecule has 3 heterocycles. The number of nitrogens with zero attached hydrogens (tertiary/aromatic N) is 3. The molecule has 2 aliphatic heterocycles. The number of ketones is 1. The third-order valence-corrected chi connectivity index (χ3v) is 9.05. The molecule has 11 heteroatoms. The summed E-state index contributed by atoms with van der Waals surface area (Å²) >= 11 is 2.55. The quantitative estimate of drug-likeness (QED) is 0.0931. The summed E-state index contributed by atoms with van der Waals surface area (Å²) in [5, 5.41) is 20.2. The first-order chi connectivity index (χ1) is 19.8. The number of halogens is 1. The minimum atomic E-state index is -0.938. The molecule has 2 atom stereocenters. The highest BCUT2D eigenvalue weighted by molar-refractivity contribution is 8.00. The highest BCUT2D eigenvalue weighted by Crippen LogP contribution is 2.45. The van der Waals surface area contributed by atoms with E-state index >= 15 is 0 Å². The fourth-order valence-corrected chi connectivity index (χ4v) is 6.76. The minimum Gasteiger partial charge on any atom is -0.507 e. The smallest absolute Gasteiger partial charge is 0.301 e. The molecule has 1 fully saturated rings. The first kappa shape index (κ1) is 27.0. The Morgan fingerprint density at radius 3 is 2.61 bits per heavy atom. The van der Waals surface area contributed by atoms with E-state index in [1.54, 1.807) is 61.7 Å². The Balaban J connectivity index is 1.38. The van der Waals surface area contributed by atoms with E-state index in [1.165, 1.54) is 28.8 Å². The number of ether oxygens (including phenoxy) is 2. The molecule has 1 amide bonds. The maximum absolute atomic E-state index is 13.5. The van der Waals surface area contributed by atoms with E-state index in [2.05, 4.69) is 10.2 Å². The number of aliphatic hydroxyl groups excluding tert-OH is 1. The van der Waals surface area contributed by atoms with Gasteiger partial charge in [0.25, 0.3) is 5.78 Å². The van der Waals surface area contributed by atoms with Crippen LogP contribution in [-0.4, -0.2) is 40.2 Å². The molecule has 0 bridgehead atoms. The maximum atomic E-state index is 13.5.